The van der Waals surface area contributed by atoms with E-state index < -0.39 is 0 Å². The molecule has 3 nitrogen and oxygen atoms in total. The van der Waals surface area contributed by atoms with Crippen LogP contribution in [0.2, 0.25) is 0 Å². The van der Waals surface area contributed by atoms with Gasteiger partial charge in [0.25, 0.3) is 0 Å². The first-order valence-electron chi connectivity index (χ1n) is 5.78. The number of nitrogens with one attached hydrogen (secondary N) is 1. The van der Waals surface area contributed by atoms with E-state index in [4.69, 9.17) is 5.73 Å². The summed E-state index contributed by atoms with van der Waals surface area (Å²) in [4.78, 5) is 11.1. The Morgan fingerprint density at radius 3 is 2.43 bits per heavy atom. The largest absolute Gasteiger partial charge is 0.355 e. The summed E-state index contributed by atoms with van der Waals surface area (Å²) in [5.41, 5.74) is 5.27. The van der Waals surface area contributed by atoms with Crippen LogP contribution in [0, 0.1) is 0 Å². The number of nitrogens with two attached hydrogens (primary N) is 1. The van der Waals surface area contributed by atoms with Crippen LogP contribution >= 0.6 is 0 Å². The van der Waals surface area contributed by atoms with Gasteiger partial charge in [-0.1, -0.05) is 39.0 Å². The van der Waals surface area contributed by atoms with Gasteiger partial charge in [-0.15, -0.1) is 0 Å². The number of unbranched alkanes of at least 4 members (excludes halogenated alkanes) is 5. The van der Waals surface area contributed by atoms with Crippen molar-refractivity contribution in [1.82, 2.24) is 5.32 Å². The van der Waals surface area contributed by atoms with E-state index in [2.05, 4.69) is 12.2 Å². The first-order chi connectivity index (χ1) is 6.81. The molecular weight excluding hydrogens is 176 g/mol. The molecule has 0 saturated carbocycles. The van der Waals surface area contributed by atoms with Crippen molar-refractivity contribution < 1.29 is 4.79 Å². The maximum absolute atomic E-state index is 11.1. The molecule has 0 rings (SSSR count). The van der Waals surface area contributed by atoms with Gasteiger partial charge in [-0.2, -0.15) is 0 Å². The van der Waals surface area contributed by atoms with Crippen molar-refractivity contribution in [3.8, 4) is 0 Å². The van der Waals surface area contributed by atoms with E-state index in [0.29, 0.717) is 19.5 Å². The predicted molar refractivity (Wildman–Crippen MR) is 60.1 cm³/mol. The minimum absolute atomic E-state index is 0.144. The highest BCUT2D eigenvalue weighted by atomic mass is 16.1. The monoisotopic (exact) mass is 200 g/mol. The Morgan fingerprint density at radius 2 is 1.79 bits per heavy atom. The van der Waals surface area contributed by atoms with Gasteiger partial charge in [0.05, 0.1) is 0 Å². The zero-order chi connectivity index (χ0) is 10.6. The predicted octanol–water partition coefficient (Wildman–Crippen LogP) is 1.81. The summed E-state index contributed by atoms with van der Waals surface area (Å²) in [5.74, 6) is 0.144. The molecule has 0 aromatic carbocycles. The van der Waals surface area contributed by atoms with Crippen molar-refractivity contribution in [3.05, 3.63) is 0 Å². The van der Waals surface area contributed by atoms with Crippen molar-refractivity contribution >= 4 is 5.91 Å². The van der Waals surface area contributed by atoms with Crippen LogP contribution in [0.5, 0.6) is 0 Å². The van der Waals surface area contributed by atoms with E-state index in [1.807, 2.05) is 0 Å². The lowest BCUT2D eigenvalue weighted by molar-refractivity contribution is -0.121. The Bertz CT molecular complexity index is 137. The SMILES string of the molecule is CCCCCCCCC(=O)NCCN. The number of hydrogen-bond acceptors (Lipinski definition) is 2. The lowest BCUT2D eigenvalue weighted by Crippen LogP contribution is -2.28. The molecule has 0 heterocycles. The molecule has 0 radical (unpaired) electrons. The lowest BCUT2D eigenvalue weighted by atomic mass is 10.1. The second-order valence-corrected chi connectivity index (χ2v) is 3.66. The molecule has 14 heavy (non-hydrogen) atoms. The molecule has 0 aliphatic carbocycles. The van der Waals surface area contributed by atoms with E-state index in [1.54, 1.807) is 0 Å². The minimum atomic E-state index is 0.144. The average Bonchev–Trinajstić information content (AvgIpc) is 2.20. The zero-order valence-electron chi connectivity index (χ0n) is 9.35. The Labute approximate surface area is 87.4 Å². The molecule has 0 saturated heterocycles. The van der Waals surface area contributed by atoms with Crippen molar-refractivity contribution in [1.29, 1.82) is 0 Å². The van der Waals surface area contributed by atoms with Gasteiger partial charge in [0.2, 0.25) is 5.91 Å². The molecule has 3 N–H and O–H groups in total. The fourth-order valence-electron chi connectivity index (χ4n) is 1.37. The fraction of sp³-hybridized carbons (Fsp3) is 0.909. The number of hydrogen-bond donors (Lipinski definition) is 2. The molecule has 0 aromatic heterocycles. The van der Waals surface area contributed by atoms with Gasteiger partial charge in [-0.05, 0) is 6.42 Å². The number of carbonyl (C=O) groups excluding carboxylic acids is 1. The Hall–Kier alpha value is -0.570. The van der Waals surface area contributed by atoms with Crippen LogP contribution in [0.25, 0.3) is 0 Å². The standard InChI is InChI=1S/C11H24N2O/c1-2-3-4-5-6-7-8-11(14)13-10-9-12/h2-10,12H2,1H3,(H,13,14). The van der Waals surface area contributed by atoms with Crippen LogP contribution < -0.4 is 11.1 Å². The molecule has 0 fully saturated rings. The van der Waals surface area contributed by atoms with Crippen molar-refractivity contribution in [3.63, 3.8) is 0 Å². The highest BCUT2D eigenvalue weighted by Gasteiger charge is 1.98. The maximum atomic E-state index is 11.1. The summed E-state index contributed by atoms with van der Waals surface area (Å²) in [5, 5.41) is 2.77. The van der Waals surface area contributed by atoms with Crippen molar-refractivity contribution in [2.24, 2.45) is 5.73 Å². The third-order valence-electron chi connectivity index (χ3n) is 2.22. The van der Waals surface area contributed by atoms with E-state index in [-0.39, 0.29) is 5.91 Å². The number of amides is 1. The van der Waals surface area contributed by atoms with Crippen LogP contribution in [-0.4, -0.2) is 19.0 Å². The van der Waals surface area contributed by atoms with Crippen LogP contribution in [-0.2, 0) is 4.79 Å². The van der Waals surface area contributed by atoms with Gasteiger partial charge in [0.1, 0.15) is 0 Å². The first-order valence-corrected chi connectivity index (χ1v) is 5.78. The smallest absolute Gasteiger partial charge is 0.220 e. The van der Waals surface area contributed by atoms with Crippen LogP contribution in [0.3, 0.4) is 0 Å². The average molecular weight is 200 g/mol. The van der Waals surface area contributed by atoms with Gasteiger partial charge < -0.3 is 11.1 Å². The molecular formula is C11H24N2O. The second kappa shape index (κ2) is 10.5. The second-order valence-electron chi connectivity index (χ2n) is 3.66. The topological polar surface area (TPSA) is 55.1 Å². The first kappa shape index (κ1) is 13.4. The molecule has 0 bridgehead atoms. The normalized spacial score (nSPS) is 10.1. The summed E-state index contributed by atoms with van der Waals surface area (Å²) < 4.78 is 0. The van der Waals surface area contributed by atoms with Crippen LogP contribution in [0.1, 0.15) is 51.9 Å². The Balaban J connectivity index is 3.07. The molecule has 0 spiro atoms. The lowest BCUT2D eigenvalue weighted by Gasteiger charge is -2.03. The number of carbonyl (C=O) groups is 1. The highest BCUT2D eigenvalue weighted by Crippen LogP contribution is 2.06. The zero-order valence-corrected chi connectivity index (χ0v) is 9.35. The van der Waals surface area contributed by atoms with Gasteiger partial charge in [0, 0.05) is 19.5 Å². The van der Waals surface area contributed by atoms with Gasteiger partial charge in [-0.25, -0.2) is 0 Å². The van der Waals surface area contributed by atoms with Gasteiger partial charge in [-0.3, -0.25) is 4.79 Å². The maximum Gasteiger partial charge on any atom is 0.220 e. The quantitative estimate of drug-likeness (QED) is 0.558. The van der Waals surface area contributed by atoms with E-state index in [1.165, 1.54) is 32.1 Å². The van der Waals surface area contributed by atoms with Crippen molar-refractivity contribution in [2.45, 2.75) is 51.9 Å². The Kier molecular flexibility index (Phi) is 10.1. The Morgan fingerprint density at radius 1 is 1.14 bits per heavy atom. The minimum Gasteiger partial charge on any atom is -0.355 e. The summed E-state index contributed by atoms with van der Waals surface area (Å²) in [6, 6.07) is 0. The van der Waals surface area contributed by atoms with Gasteiger partial charge in [0.15, 0.2) is 0 Å². The van der Waals surface area contributed by atoms with E-state index in [9.17, 15) is 4.79 Å². The molecule has 0 aromatic rings. The van der Waals surface area contributed by atoms with E-state index in [0.717, 1.165) is 6.42 Å². The fourth-order valence-corrected chi connectivity index (χ4v) is 1.37. The molecule has 0 unspecified atom stereocenters. The molecule has 0 aliphatic heterocycles. The summed E-state index contributed by atoms with van der Waals surface area (Å²) in [7, 11) is 0. The molecule has 1 amide bonds. The summed E-state index contributed by atoms with van der Waals surface area (Å²) in [6.07, 6.45) is 8.01. The molecule has 3 heteroatoms. The third-order valence-corrected chi connectivity index (χ3v) is 2.22. The molecule has 84 valence electrons. The third kappa shape index (κ3) is 9.52. The van der Waals surface area contributed by atoms with E-state index >= 15 is 0 Å². The molecule has 0 atom stereocenters. The highest BCUT2D eigenvalue weighted by molar-refractivity contribution is 5.75. The van der Waals surface area contributed by atoms with Crippen LogP contribution in [0.15, 0.2) is 0 Å². The molecule has 0 aliphatic rings. The summed E-state index contributed by atoms with van der Waals surface area (Å²) in [6.45, 7) is 3.34. The van der Waals surface area contributed by atoms with Gasteiger partial charge >= 0.3 is 0 Å². The van der Waals surface area contributed by atoms with Crippen LogP contribution in [0.4, 0.5) is 0 Å². The van der Waals surface area contributed by atoms with Crippen molar-refractivity contribution in [2.75, 3.05) is 13.1 Å². The number of rotatable bonds is 9. The summed E-state index contributed by atoms with van der Waals surface area (Å²) >= 11 is 0.